The number of aliphatic hydroxyl groups is 1. The Kier molecular flexibility index (Phi) is 3.51. The fraction of sp³-hybridized carbons (Fsp3) is 0.333. The van der Waals surface area contributed by atoms with Crippen LogP contribution in [-0.4, -0.2) is 23.9 Å². The summed E-state index contributed by atoms with van der Waals surface area (Å²) in [5.74, 6) is -4.24. The van der Waals surface area contributed by atoms with Crippen LogP contribution in [0, 0.1) is 0 Å². The monoisotopic (exact) mass is 282 g/mol. The Morgan fingerprint density at radius 3 is 2.53 bits per heavy atom. The number of methoxy groups -OCH3 is 1. The van der Waals surface area contributed by atoms with Crippen molar-refractivity contribution in [1.29, 1.82) is 0 Å². The van der Waals surface area contributed by atoms with Crippen molar-refractivity contribution in [1.82, 2.24) is 0 Å². The molecule has 0 radical (unpaired) electrons. The summed E-state index contributed by atoms with van der Waals surface area (Å²) in [5.41, 5.74) is -0.670. The van der Waals surface area contributed by atoms with E-state index in [0.717, 1.165) is 6.07 Å². The molecule has 2 N–H and O–H groups in total. The van der Waals surface area contributed by atoms with Gasteiger partial charge < -0.3 is 14.9 Å². The van der Waals surface area contributed by atoms with Crippen LogP contribution in [0.25, 0.3) is 0 Å². The molecule has 0 heterocycles. The minimum Gasteiger partial charge on any atom is -0.504 e. The van der Waals surface area contributed by atoms with Crippen LogP contribution in [-0.2, 0) is 5.92 Å². The van der Waals surface area contributed by atoms with Crippen LogP contribution in [0.4, 0.5) is 8.78 Å². The topological polar surface area (TPSA) is 49.7 Å². The summed E-state index contributed by atoms with van der Waals surface area (Å²) in [5, 5.41) is 18.0. The van der Waals surface area contributed by atoms with Crippen LogP contribution >= 0.6 is 15.9 Å². The third kappa shape index (κ3) is 2.38. The summed E-state index contributed by atoms with van der Waals surface area (Å²) >= 11 is 3.00. The number of alkyl halides is 2. The van der Waals surface area contributed by atoms with Crippen molar-refractivity contribution >= 4 is 15.9 Å². The number of rotatable bonds is 3. The average molecular weight is 283 g/mol. The number of hydrogen-bond acceptors (Lipinski definition) is 3. The fourth-order valence-electron chi connectivity index (χ4n) is 1.09. The highest BCUT2D eigenvalue weighted by molar-refractivity contribution is 9.10. The van der Waals surface area contributed by atoms with Crippen molar-refractivity contribution < 1.29 is 23.7 Å². The summed E-state index contributed by atoms with van der Waals surface area (Å²) in [7, 11) is 1.25. The van der Waals surface area contributed by atoms with Crippen molar-refractivity contribution in [2.24, 2.45) is 0 Å². The standard InChI is InChI=1S/C9H9BrF2O3/c1-15-7-3-5(10)2-6(8(7)14)9(11,12)4-13/h2-3,13-14H,4H2,1H3. The third-order valence-electron chi connectivity index (χ3n) is 1.85. The second kappa shape index (κ2) is 4.32. The number of aromatic hydroxyl groups is 1. The maximum atomic E-state index is 13.2. The minimum atomic E-state index is -3.50. The summed E-state index contributed by atoms with van der Waals surface area (Å²) < 4.78 is 31.4. The quantitative estimate of drug-likeness (QED) is 0.894. The van der Waals surface area contributed by atoms with Crippen molar-refractivity contribution in [3.63, 3.8) is 0 Å². The average Bonchev–Trinajstić information content (AvgIpc) is 2.20. The molecule has 1 aromatic carbocycles. The zero-order valence-corrected chi connectivity index (χ0v) is 9.38. The number of phenolic OH excluding ortho intramolecular Hbond substituents is 1. The van der Waals surface area contributed by atoms with E-state index in [2.05, 4.69) is 15.9 Å². The van der Waals surface area contributed by atoms with Crippen molar-refractivity contribution in [3.05, 3.63) is 22.2 Å². The van der Waals surface area contributed by atoms with Gasteiger partial charge in [0.05, 0.1) is 12.7 Å². The molecule has 6 heteroatoms. The fourth-order valence-corrected chi connectivity index (χ4v) is 1.53. The molecular formula is C9H9BrF2O3. The smallest absolute Gasteiger partial charge is 0.299 e. The first-order valence-electron chi connectivity index (χ1n) is 3.98. The highest BCUT2D eigenvalue weighted by Gasteiger charge is 2.35. The van der Waals surface area contributed by atoms with Gasteiger partial charge in [0.15, 0.2) is 11.5 Å². The molecule has 0 aliphatic rings. The van der Waals surface area contributed by atoms with Gasteiger partial charge in [-0.2, -0.15) is 8.78 Å². The van der Waals surface area contributed by atoms with E-state index in [1.54, 1.807) is 0 Å². The van der Waals surface area contributed by atoms with Crippen LogP contribution in [0.15, 0.2) is 16.6 Å². The van der Waals surface area contributed by atoms with Gasteiger partial charge in [0.25, 0.3) is 5.92 Å². The van der Waals surface area contributed by atoms with Crippen LogP contribution in [0.5, 0.6) is 11.5 Å². The summed E-state index contributed by atoms with van der Waals surface area (Å²) in [4.78, 5) is 0. The van der Waals surface area contributed by atoms with Gasteiger partial charge in [0, 0.05) is 4.47 Å². The normalized spacial score (nSPS) is 11.5. The number of aliphatic hydroxyl groups excluding tert-OH is 1. The summed E-state index contributed by atoms with van der Waals surface area (Å²) in [6.45, 7) is -1.37. The molecule has 0 aliphatic heterocycles. The van der Waals surface area contributed by atoms with Gasteiger partial charge in [-0.05, 0) is 12.1 Å². The zero-order chi connectivity index (χ0) is 11.6. The number of ether oxygens (including phenoxy) is 1. The molecule has 15 heavy (non-hydrogen) atoms. The molecule has 0 atom stereocenters. The van der Waals surface area contributed by atoms with E-state index in [-0.39, 0.29) is 5.75 Å². The predicted octanol–water partition coefficient (Wildman–Crippen LogP) is 2.25. The number of hydrogen-bond donors (Lipinski definition) is 2. The lowest BCUT2D eigenvalue weighted by Crippen LogP contribution is -2.18. The van der Waals surface area contributed by atoms with Gasteiger partial charge in [-0.3, -0.25) is 0 Å². The van der Waals surface area contributed by atoms with Gasteiger partial charge in [0.2, 0.25) is 0 Å². The van der Waals surface area contributed by atoms with Gasteiger partial charge in [-0.1, -0.05) is 15.9 Å². The molecule has 0 spiro atoms. The molecule has 0 aromatic heterocycles. The summed E-state index contributed by atoms with van der Waals surface area (Å²) in [6.07, 6.45) is 0. The van der Waals surface area contributed by atoms with Crippen LogP contribution in [0.3, 0.4) is 0 Å². The maximum absolute atomic E-state index is 13.2. The Balaban J connectivity index is 3.35. The Morgan fingerprint density at radius 1 is 1.47 bits per heavy atom. The van der Waals surface area contributed by atoms with Crippen LogP contribution in [0.1, 0.15) is 5.56 Å². The van der Waals surface area contributed by atoms with E-state index in [1.807, 2.05) is 0 Å². The molecule has 0 bridgehead atoms. The lowest BCUT2D eigenvalue weighted by atomic mass is 10.1. The molecule has 3 nitrogen and oxygen atoms in total. The van der Waals surface area contributed by atoms with Crippen molar-refractivity contribution in [2.75, 3.05) is 13.7 Å². The first-order chi connectivity index (χ1) is 6.92. The second-order valence-electron chi connectivity index (χ2n) is 2.87. The van der Waals surface area contributed by atoms with Crippen molar-refractivity contribution in [2.45, 2.75) is 5.92 Å². The maximum Gasteiger partial charge on any atom is 0.299 e. The van der Waals surface area contributed by atoms with Gasteiger partial charge >= 0.3 is 0 Å². The summed E-state index contributed by atoms with van der Waals surface area (Å²) in [6, 6.07) is 2.39. The molecular weight excluding hydrogens is 274 g/mol. The molecule has 0 fully saturated rings. The molecule has 0 saturated carbocycles. The van der Waals surface area contributed by atoms with E-state index < -0.39 is 23.8 Å². The SMILES string of the molecule is COc1cc(Br)cc(C(F)(F)CO)c1O. The largest absolute Gasteiger partial charge is 0.504 e. The molecule has 0 unspecified atom stereocenters. The third-order valence-corrected chi connectivity index (χ3v) is 2.31. The van der Waals surface area contributed by atoms with E-state index in [9.17, 15) is 13.9 Å². The molecule has 1 aromatic rings. The first-order valence-corrected chi connectivity index (χ1v) is 4.77. The Hall–Kier alpha value is -0.880. The molecule has 84 valence electrons. The molecule has 0 amide bonds. The van der Waals surface area contributed by atoms with Gasteiger partial charge in [-0.15, -0.1) is 0 Å². The lowest BCUT2D eigenvalue weighted by Gasteiger charge is -2.17. The zero-order valence-electron chi connectivity index (χ0n) is 7.80. The first kappa shape index (κ1) is 12.2. The Bertz CT molecular complexity index is 369. The Labute approximate surface area is 93.4 Å². The van der Waals surface area contributed by atoms with Crippen LogP contribution < -0.4 is 4.74 Å². The van der Waals surface area contributed by atoms with Crippen molar-refractivity contribution in [3.8, 4) is 11.5 Å². The minimum absolute atomic E-state index is 0.0764. The molecule has 0 saturated heterocycles. The number of halogens is 3. The molecule has 1 rings (SSSR count). The van der Waals surface area contributed by atoms with Crippen LogP contribution in [0.2, 0.25) is 0 Å². The molecule has 0 aliphatic carbocycles. The second-order valence-corrected chi connectivity index (χ2v) is 3.78. The van der Waals surface area contributed by atoms with E-state index in [1.165, 1.54) is 13.2 Å². The van der Waals surface area contributed by atoms with E-state index in [4.69, 9.17) is 9.84 Å². The van der Waals surface area contributed by atoms with E-state index in [0.29, 0.717) is 4.47 Å². The highest BCUT2D eigenvalue weighted by Crippen LogP contribution is 2.41. The number of benzene rings is 1. The number of phenols is 1. The van der Waals surface area contributed by atoms with Gasteiger partial charge in [-0.25, -0.2) is 0 Å². The van der Waals surface area contributed by atoms with E-state index >= 15 is 0 Å². The van der Waals surface area contributed by atoms with Gasteiger partial charge in [0.1, 0.15) is 6.61 Å². The predicted molar refractivity (Wildman–Crippen MR) is 53.3 cm³/mol. The lowest BCUT2D eigenvalue weighted by molar-refractivity contribution is -0.0573. The highest BCUT2D eigenvalue weighted by atomic mass is 79.9. The Morgan fingerprint density at radius 2 is 2.07 bits per heavy atom.